The number of guanidine groups is 1. The SMILES string of the molecule is CCNC(=NCc1ccccc1)NCc1ccc(C(=O)N(CC)CC)cc1.I. The minimum absolute atomic E-state index is 0. The van der Waals surface area contributed by atoms with Gasteiger partial charge in [-0.05, 0) is 44.0 Å². The highest BCUT2D eigenvalue weighted by molar-refractivity contribution is 14.0. The molecular formula is C22H31IN4O. The van der Waals surface area contributed by atoms with E-state index in [9.17, 15) is 4.79 Å². The number of nitrogens with one attached hydrogen (secondary N) is 2. The normalized spacial score (nSPS) is 10.8. The van der Waals surface area contributed by atoms with E-state index in [2.05, 4.69) is 27.8 Å². The van der Waals surface area contributed by atoms with Crippen molar-refractivity contribution in [2.45, 2.75) is 33.9 Å². The molecule has 0 aliphatic carbocycles. The topological polar surface area (TPSA) is 56.7 Å². The molecule has 0 bridgehead atoms. The number of carbonyl (C=O) groups excluding carboxylic acids is 1. The lowest BCUT2D eigenvalue weighted by Crippen LogP contribution is -2.36. The van der Waals surface area contributed by atoms with Crippen LogP contribution in [0.4, 0.5) is 0 Å². The highest BCUT2D eigenvalue weighted by Gasteiger charge is 2.11. The number of amides is 1. The summed E-state index contributed by atoms with van der Waals surface area (Å²) in [6.45, 7) is 9.58. The number of nitrogens with zero attached hydrogens (tertiary/aromatic N) is 2. The minimum Gasteiger partial charge on any atom is -0.357 e. The molecule has 0 fully saturated rings. The van der Waals surface area contributed by atoms with Crippen molar-refractivity contribution in [3.05, 3.63) is 71.3 Å². The molecule has 0 radical (unpaired) electrons. The van der Waals surface area contributed by atoms with Gasteiger partial charge in [0.1, 0.15) is 0 Å². The van der Waals surface area contributed by atoms with Gasteiger partial charge >= 0.3 is 0 Å². The molecule has 1 amide bonds. The first-order chi connectivity index (χ1) is 13.2. The number of benzene rings is 2. The molecular weight excluding hydrogens is 463 g/mol. The summed E-state index contributed by atoms with van der Waals surface area (Å²) in [6.07, 6.45) is 0. The van der Waals surface area contributed by atoms with Gasteiger partial charge in [0.15, 0.2) is 5.96 Å². The van der Waals surface area contributed by atoms with Crippen LogP contribution in [0, 0.1) is 0 Å². The maximum atomic E-state index is 12.4. The Labute approximate surface area is 185 Å². The molecule has 0 aliphatic rings. The van der Waals surface area contributed by atoms with Crippen LogP contribution in [0.15, 0.2) is 59.6 Å². The van der Waals surface area contributed by atoms with Crippen LogP contribution in [-0.2, 0) is 13.1 Å². The Morgan fingerprint density at radius 2 is 1.54 bits per heavy atom. The predicted octanol–water partition coefficient (Wildman–Crippen LogP) is 4.04. The standard InChI is InChI=1S/C22H30N4O.HI/c1-4-23-22(24-16-18-10-8-7-9-11-18)25-17-19-12-14-20(15-13-19)21(27)26(5-2)6-3;/h7-15H,4-6,16-17H2,1-3H3,(H2,23,24,25);1H. The van der Waals surface area contributed by atoms with Crippen LogP contribution in [0.5, 0.6) is 0 Å². The third kappa shape index (κ3) is 7.50. The third-order valence-corrected chi connectivity index (χ3v) is 4.32. The summed E-state index contributed by atoms with van der Waals surface area (Å²) >= 11 is 0. The molecule has 0 atom stereocenters. The van der Waals surface area contributed by atoms with E-state index in [1.54, 1.807) is 0 Å². The van der Waals surface area contributed by atoms with Crippen molar-refractivity contribution >= 4 is 35.8 Å². The fourth-order valence-electron chi connectivity index (χ4n) is 2.74. The van der Waals surface area contributed by atoms with Crippen LogP contribution in [0.1, 0.15) is 42.3 Å². The van der Waals surface area contributed by atoms with Crippen molar-refractivity contribution in [2.75, 3.05) is 19.6 Å². The smallest absolute Gasteiger partial charge is 0.253 e. The Bertz CT molecular complexity index is 728. The first-order valence-corrected chi connectivity index (χ1v) is 9.62. The summed E-state index contributed by atoms with van der Waals surface area (Å²) in [7, 11) is 0. The van der Waals surface area contributed by atoms with Gasteiger partial charge in [-0.2, -0.15) is 0 Å². The van der Waals surface area contributed by atoms with E-state index in [0.717, 1.165) is 36.7 Å². The Kier molecular flexibility index (Phi) is 11.2. The number of hydrogen-bond acceptors (Lipinski definition) is 2. The molecule has 0 spiro atoms. The highest BCUT2D eigenvalue weighted by atomic mass is 127. The second-order valence-electron chi connectivity index (χ2n) is 6.21. The zero-order valence-corrected chi connectivity index (χ0v) is 19.3. The summed E-state index contributed by atoms with van der Waals surface area (Å²) in [6, 6.07) is 18.0. The zero-order chi connectivity index (χ0) is 19.5. The van der Waals surface area contributed by atoms with Crippen LogP contribution in [0.3, 0.4) is 0 Å². The second-order valence-corrected chi connectivity index (χ2v) is 6.21. The fraction of sp³-hybridized carbons (Fsp3) is 0.364. The predicted molar refractivity (Wildman–Crippen MR) is 127 cm³/mol. The van der Waals surface area contributed by atoms with Crippen molar-refractivity contribution in [3.63, 3.8) is 0 Å². The van der Waals surface area contributed by atoms with Crippen LogP contribution < -0.4 is 10.6 Å². The van der Waals surface area contributed by atoms with Gasteiger partial charge in [-0.3, -0.25) is 4.79 Å². The summed E-state index contributed by atoms with van der Waals surface area (Å²) in [4.78, 5) is 18.8. The first kappa shape index (κ1) is 23.9. The van der Waals surface area contributed by atoms with Crippen molar-refractivity contribution in [1.29, 1.82) is 0 Å². The van der Waals surface area contributed by atoms with Gasteiger partial charge in [-0.1, -0.05) is 42.5 Å². The lowest BCUT2D eigenvalue weighted by atomic mass is 10.1. The van der Waals surface area contributed by atoms with Gasteiger partial charge in [0.05, 0.1) is 6.54 Å². The van der Waals surface area contributed by atoms with E-state index in [4.69, 9.17) is 0 Å². The number of aliphatic imine (C=N–C) groups is 1. The Balaban J connectivity index is 0.00000392. The number of hydrogen-bond donors (Lipinski definition) is 2. The van der Waals surface area contributed by atoms with Gasteiger partial charge in [0.25, 0.3) is 5.91 Å². The number of rotatable bonds is 8. The molecule has 2 aromatic rings. The van der Waals surface area contributed by atoms with Gasteiger partial charge in [0, 0.05) is 31.7 Å². The molecule has 0 saturated carbocycles. The van der Waals surface area contributed by atoms with Crippen molar-refractivity contribution in [3.8, 4) is 0 Å². The van der Waals surface area contributed by atoms with Crippen molar-refractivity contribution in [1.82, 2.24) is 15.5 Å². The van der Waals surface area contributed by atoms with E-state index in [1.807, 2.05) is 68.1 Å². The largest absolute Gasteiger partial charge is 0.357 e. The molecule has 0 aliphatic heterocycles. The van der Waals surface area contributed by atoms with E-state index in [-0.39, 0.29) is 29.9 Å². The Hall–Kier alpha value is -2.09. The average molecular weight is 494 g/mol. The molecule has 28 heavy (non-hydrogen) atoms. The van der Waals surface area contributed by atoms with E-state index < -0.39 is 0 Å². The Morgan fingerprint density at radius 1 is 0.893 bits per heavy atom. The third-order valence-electron chi connectivity index (χ3n) is 4.32. The fourth-order valence-corrected chi connectivity index (χ4v) is 2.74. The van der Waals surface area contributed by atoms with E-state index in [1.165, 1.54) is 5.56 Å². The van der Waals surface area contributed by atoms with Gasteiger partial charge in [-0.25, -0.2) is 4.99 Å². The Morgan fingerprint density at radius 3 is 2.11 bits per heavy atom. The quantitative estimate of drug-likeness (QED) is 0.331. The first-order valence-electron chi connectivity index (χ1n) is 9.62. The molecule has 6 heteroatoms. The molecule has 5 nitrogen and oxygen atoms in total. The van der Waals surface area contributed by atoms with E-state index >= 15 is 0 Å². The second kappa shape index (κ2) is 13.1. The van der Waals surface area contributed by atoms with Crippen molar-refractivity contribution < 1.29 is 4.79 Å². The number of halogens is 1. The highest BCUT2D eigenvalue weighted by Crippen LogP contribution is 2.08. The molecule has 0 saturated heterocycles. The van der Waals surface area contributed by atoms with Crippen molar-refractivity contribution in [2.24, 2.45) is 4.99 Å². The molecule has 2 rings (SSSR count). The molecule has 2 N–H and O–H groups in total. The summed E-state index contributed by atoms with van der Waals surface area (Å²) < 4.78 is 0. The summed E-state index contributed by atoms with van der Waals surface area (Å²) in [5, 5.41) is 6.61. The van der Waals surface area contributed by atoms with Crippen LogP contribution in [0.2, 0.25) is 0 Å². The van der Waals surface area contributed by atoms with E-state index in [0.29, 0.717) is 13.1 Å². The molecule has 152 valence electrons. The maximum absolute atomic E-state index is 12.4. The summed E-state index contributed by atoms with van der Waals surface area (Å²) in [5.41, 5.74) is 3.01. The monoisotopic (exact) mass is 494 g/mol. The lowest BCUT2D eigenvalue weighted by Gasteiger charge is -2.18. The van der Waals surface area contributed by atoms with Gasteiger partial charge < -0.3 is 15.5 Å². The molecule has 2 aromatic carbocycles. The zero-order valence-electron chi connectivity index (χ0n) is 16.9. The average Bonchev–Trinajstić information content (AvgIpc) is 2.72. The molecule has 0 aromatic heterocycles. The van der Waals surface area contributed by atoms with Crippen LogP contribution in [0.25, 0.3) is 0 Å². The van der Waals surface area contributed by atoms with Gasteiger partial charge in [0.2, 0.25) is 0 Å². The van der Waals surface area contributed by atoms with Crippen LogP contribution in [-0.4, -0.2) is 36.4 Å². The van der Waals surface area contributed by atoms with Crippen LogP contribution >= 0.6 is 24.0 Å². The lowest BCUT2D eigenvalue weighted by molar-refractivity contribution is 0.0773. The maximum Gasteiger partial charge on any atom is 0.253 e. The minimum atomic E-state index is 0. The van der Waals surface area contributed by atoms with Gasteiger partial charge in [-0.15, -0.1) is 24.0 Å². The number of carbonyl (C=O) groups is 1. The molecule has 0 unspecified atom stereocenters. The molecule has 0 heterocycles. The summed E-state index contributed by atoms with van der Waals surface area (Å²) in [5.74, 6) is 0.863.